The maximum atomic E-state index is 12.6. The summed E-state index contributed by atoms with van der Waals surface area (Å²) >= 11 is 0. The van der Waals surface area contributed by atoms with E-state index in [-0.39, 0.29) is 31.0 Å². The molecule has 7 nitrogen and oxygen atoms in total. The molecule has 0 spiro atoms. The maximum Gasteiger partial charge on any atom is 0.242 e. The van der Waals surface area contributed by atoms with Crippen LogP contribution in [0, 0.1) is 0 Å². The second-order valence-electron chi connectivity index (χ2n) is 6.73. The monoisotopic (exact) mass is 363 g/mol. The van der Waals surface area contributed by atoms with Crippen LogP contribution in [0.4, 0.5) is 0 Å². The van der Waals surface area contributed by atoms with E-state index in [0.29, 0.717) is 5.82 Å². The van der Waals surface area contributed by atoms with E-state index < -0.39 is 0 Å². The minimum absolute atomic E-state index is 0.00208. The predicted molar refractivity (Wildman–Crippen MR) is 99.8 cm³/mol. The lowest BCUT2D eigenvalue weighted by atomic mass is 9.93. The third-order valence-corrected chi connectivity index (χ3v) is 5.07. The number of nitrogens with one attached hydrogen (secondary N) is 1. The van der Waals surface area contributed by atoms with E-state index in [4.69, 9.17) is 0 Å². The first-order chi connectivity index (χ1) is 13.3. The number of hydrogen-bond donors (Lipinski definition) is 2. The highest BCUT2D eigenvalue weighted by Gasteiger charge is 2.30. The summed E-state index contributed by atoms with van der Waals surface area (Å²) in [7, 11) is 0. The van der Waals surface area contributed by atoms with Gasteiger partial charge in [0.05, 0.1) is 12.6 Å². The van der Waals surface area contributed by atoms with E-state index in [1.54, 1.807) is 0 Å². The van der Waals surface area contributed by atoms with E-state index in [0.717, 1.165) is 18.4 Å². The fraction of sp³-hybridized carbons (Fsp3) is 0.300. The lowest BCUT2D eigenvalue weighted by Crippen LogP contribution is -2.43. The first-order valence-electron chi connectivity index (χ1n) is 9.06. The van der Waals surface area contributed by atoms with Gasteiger partial charge in [0.1, 0.15) is 6.54 Å². The van der Waals surface area contributed by atoms with Crippen molar-refractivity contribution in [1.82, 2.24) is 25.5 Å². The van der Waals surface area contributed by atoms with Crippen LogP contribution in [-0.2, 0) is 17.8 Å². The van der Waals surface area contributed by atoms with Crippen LogP contribution in [0.1, 0.15) is 23.5 Å². The molecule has 1 amide bonds. The number of carbonyl (C=O) groups is 1. The number of nitrogens with zero attached hydrogens (tertiary/aromatic N) is 4. The minimum atomic E-state index is -0.321. The van der Waals surface area contributed by atoms with Crippen molar-refractivity contribution in [3.05, 3.63) is 65.7 Å². The van der Waals surface area contributed by atoms with Gasteiger partial charge in [0.15, 0.2) is 5.82 Å². The first-order valence-corrected chi connectivity index (χ1v) is 9.06. The topological polar surface area (TPSA) is 92.9 Å². The van der Waals surface area contributed by atoms with Gasteiger partial charge in [-0.2, -0.15) is 0 Å². The molecule has 138 valence electrons. The molecule has 3 aromatic rings. The highest BCUT2D eigenvalue weighted by Crippen LogP contribution is 2.35. The summed E-state index contributed by atoms with van der Waals surface area (Å²) in [5.74, 6) is 0.443. The summed E-state index contributed by atoms with van der Waals surface area (Å²) in [6.07, 6.45) is 1.89. The molecule has 0 saturated carbocycles. The van der Waals surface area contributed by atoms with Crippen LogP contribution in [0.15, 0.2) is 54.6 Å². The molecule has 27 heavy (non-hydrogen) atoms. The Balaban J connectivity index is 1.46. The van der Waals surface area contributed by atoms with Crippen molar-refractivity contribution in [2.45, 2.75) is 31.3 Å². The normalized spacial score (nSPS) is 16.7. The fourth-order valence-corrected chi connectivity index (χ4v) is 3.78. The third kappa shape index (κ3) is 3.59. The molecule has 0 saturated heterocycles. The molecule has 2 aromatic carbocycles. The number of aromatic nitrogens is 4. The standard InChI is InChI=1S/C20H21N5O2/c26-13-18(17-11-10-14-6-4-5-9-16(14)17)21-19(27)12-25-20(22-23-24-25)15-7-2-1-3-8-15/h1-9,17-18,26H,10-13H2,(H,21,27). The van der Waals surface area contributed by atoms with Crippen LogP contribution >= 0.6 is 0 Å². The second-order valence-corrected chi connectivity index (χ2v) is 6.73. The highest BCUT2D eigenvalue weighted by molar-refractivity contribution is 5.76. The van der Waals surface area contributed by atoms with Crippen molar-refractivity contribution in [1.29, 1.82) is 0 Å². The third-order valence-electron chi connectivity index (χ3n) is 5.07. The molecule has 1 heterocycles. The van der Waals surface area contributed by atoms with E-state index in [9.17, 15) is 9.90 Å². The van der Waals surface area contributed by atoms with E-state index >= 15 is 0 Å². The zero-order chi connectivity index (χ0) is 18.6. The van der Waals surface area contributed by atoms with Crippen molar-refractivity contribution in [2.75, 3.05) is 6.61 Å². The van der Waals surface area contributed by atoms with Crippen LogP contribution < -0.4 is 5.32 Å². The molecule has 2 unspecified atom stereocenters. The molecular formula is C20H21N5O2. The molecule has 0 fully saturated rings. The Morgan fingerprint density at radius 3 is 2.78 bits per heavy atom. The summed E-state index contributed by atoms with van der Waals surface area (Å²) in [5.41, 5.74) is 3.35. The largest absolute Gasteiger partial charge is 0.394 e. The van der Waals surface area contributed by atoms with Crippen LogP contribution in [0.2, 0.25) is 0 Å². The number of tetrazole rings is 1. The predicted octanol–water partition coefficient (Wildman–Crippen LogP) is 1.55. The molecule has 7 heteroatoms. The van der Waals surface area contributed by atoms with E-state index in [1.807, 2.05) is 42.5 Å². The van der Waals surface area contributed by atoms with E-state index in [2.05, 4.69) is 33.0 Å². The molecule has 1 aliphatic rings. The van der Waals surface area contributed by atoms with Crippen LogP contribution in [0.25, 0.3) is 11.4 Å². The number of rotatable bonds is 6. The van der Waals surface area contributed by atoms with Crippen molar-refractivity contribution in [2.24, 2.45) is 0 Å². The van der Waals surface area contributed by atoms with Crippen molar-refractivity contribution in [3.63, 3.8) is 0 Å². The van der Waals surface area contributed by atoms with Gasteiger partial charge in [0.2, 0.25) is 5.91 Å². The number of benzene rings is 2. The summed E-state index contributed by atoms with van der Waals surface area (Å²) < 4.78 is 1.47. The van der Waals surface area contributed by atoms with Gasteiger partial charge in [-0.15, -0.1) is 5.10 Å². The van der Waals surface area contributed by atoms with Crippen molar-refractivity contribution >= 4 is 5.91 Å². The number of fused-ring (bicyclic) bond motifs is 1. The highest BCUT2D eigenvalue weighted by atomic mass is 16.3. The molecule has 2 atom stereocenters. The van der Waals surface area contributed by atoms with Gasteiger partial charge in [-0.1, -0.05) is 54.6 Å². The molecular weight excluding hydrogens is 342 g/mol. The summed E-state index contributed by atoms with van der Waals surface area (Å²) in [6.45, 7) is -0.103. The lowest BCUT2D eigenvalue weighted by Gasteiger charge is -2.24. The SMILES string of the molecule is O=C(Cn1nnnc1-c1ccccc1)NC(CO)C1CCc2ccccc21. The Morgan fingerprint density at radius 2 is 1.96 bits per heavy atom. The number of aliphatic hydroxyl groups excluding tert-OH is 1. The molecule has 0 radical (unpaired) electrons. The summed E-state index contributed by atoms with van der Waals surface area (Å²) in [6, 6.07) is 17.4. The first kappa shape index (κ1) is 17.4. The fourth-order valence-electron chi connectivity index (χ4n) is 3.78. The zero-order valence-electron chi connectivity index (χ0n) is 14.8. The van der Waals surface area contributed by atoms with Gasteiger partial charge >= 0.3 is 0 Å². The van der Waals surface area contributed by atoms with Crippen LogP contribution in [0.5, 0.6) is 0 Å². The number of aryl methyl sites for hydroxylation is 1. The van der Waals surface area contributed by atoms with Crippen LogP contribution in [-0.4, -0.2) is 43.9 Å². The number of aliphatic hydroxyl groups is 1. The summed E-state index contributed by atoms with van der Waals surface area (Å²) in [4.78, 5) is 12.6. The van der Waals surface area contributed by atoms with Crippen LogP contribution in [0.3, 0.4) is 0 Å². The van der Waals surface area contributed by atoms with Gasteiger partial charge in [-0.25, -0.2) is 4.68 Å². The van der Waals surface area contributed by atoms with E-state index in [1.165, 1.54) is 15.8 Å². The minimum Gasteiger partial charge on any atom is -0.394 e. The molecule has 0 aliphatic heterocycles. The molecule has 4 rings (SSSR count). The zero-order valence-corrected chi connectivity index (χ0v) is 14.8. The smallest absolute Gasteiger partial charge is 0.242 e. The number of amides is 1. The molecule has 0 bridgehead atoms. The average Bonchev–Trinajstić information content (AvgIpc) is 3.34. The Bertz CT molecular complexity index is 925. The van der Waals surface area contributed by atoms with Crippen molar-refractivity contribution < 1.29 is 9.90 Å². The number of hydrogen-bond acceptors (Lipinski definition) is 5. The Hall–Kier alpha value is -3.06. The number of carbonyl (C=O) groups excluding carboxylic acids is 1. The lowest BCUT2D eigenvalue weighted by molar-refractivity contribution is -0.123. The molecule has 1 aromatic heterocycles. The molecule has 2 N–H and O–H groups in total. The second kappa shape index (κ2) is 7.67. The Kier molecular flexibility index (Phi) is 4.93. The van der Waals surface area contributed by atoms with Gasteiger partial charge in [0.25, 0.3) is 0 Å². The average molecular weight is 363 g/mol. The van der Waals surface area contributed by atoms with Gasteiger partial charge in [-0.05, 0) is 34.4 Å². The Morgan fingerprint density at radius 1 is 1.19 bits per heavy atom. The van der Waals surface area contributed by atoms with Gasteiger partial charge in [-0.3, -0.25) is 4.79 Å². The summed E-state index contributed by atoms with van der Waals surface area (Å²) in [5, 5.41) is 24.5. The quantitative estimate of drug-likeness (QED) is 0.693. The van der Waals surface area contributed by atoms with Gasteiger partial charge in [0, 0.05) is 11.5 Å². The maximum absolute atomic E-state index is 12.6. The van der Waals surface area contributed by atoms with Gasteiger partial charge < -0.3 is 10.4 Å². The molecule has 1 aliphatic carbocycles. The van der Waals surface area contributed by atoms with Crippen molar-refractivity contribution in [3.8, 4) is 11.4 Å². The Labute approximate surface area is 157 Å².